The minimum absolute atomic E-state index is 0. The molecule has 2 nitrogen and oxygen atoms in total. The first kappa shape index (κ1) is 18.8. The molecule has 0 aliphatic heterocycles. The Morgan fingerprint density at radius 2 is 1.27 bits per heavy atom. The molecule has 0 aliphatic carbocycles. The summed E-state index contributed by atoms with van der Waals surface area (Å²) in [7, 11) is 0. The van der Waals surface area contributed by atoms with E-state index in [0.29, 0.717) is 6.67 Å². The average molecular weight is 304 g/mol. The molecule has 2 radical (unpaired) electrons. The van der Waals surface area contributed by atoms with Crippen LogP contribution in [0.2, 0.25) is 0 Å². The molecule has 0 N–H and O–H groups in total. The molecule has 0 aromatic rings. The summed E-state index contributed by atoms with van der Waals surface area (Å²) in [5, 5.41) is 8.09. The van der Waals surface area contributed by atoms with E-state index in [4.69, 9.17) is 0 Å². The molecule has 0 rings (SSSR count). The normalized spacial score (nSPS) is 14.2. The third-order valence-electron chi connectivity index (χ3n) is 0.787. The fraction of sp³-hybridized carbons (Fsp3) is 0.714. The van der Waals surface area contributed by atoms with Crippen molar-refractivity contribution in [3.63, 3.8) is 0 Å². The first-order valence-corrected chi connectivity index (χ1v) is 3.12. The van der Waals surface area contributed by atoms with E-state index in [2.05, 4.69) is 24.5 Å². The first-order valence-electron chi connectivity index (χ1n) is 3.12. The summed E-state index contributed by atoms with van der Waals surface area (Å²) < 4.78 is 0. The van der Waals surface area contributed by atoms with Crippen LogP contribution in [-0.2, 0) is 65.4 Å². The van der Waals surface area contributed by atoms with Gasteiger partial charge in [0.25, 0.3) is 0 Å². The molecular formula is C7H14N2Y2-4. The van der Waals surface area contributed by atoms with Gasteiger partial charge in [-0.2, -0.15) is 0 Å². The van der Waals surface area contributed by atoms with E-state index in [1.165, 1.54) is 0 Å². The van der Waals surface area contributed by atoms with Gasteiger partial charge in [-0.05, 0) is 0 Å². The van der Waals surface area contributed by atoms with Crippen LogP contribution in [0.1, 0.15) is 13.8 Å². The molecule has 4 heteroatoms. The third kappa shape index (κ3) is 18.8. The molecule has 0 aromatic carbocycles. The molecule has 0 aromatic heterocycles. The van der Waals surface area contributed by atoms with E-state index in [-0.39, 0.29) is 77.5 Å². The van der Waals surface area contributed by atoms with Crippen LogP contribution in [-0.4, -0.2) is 18.8 Å². The maximum absolute atomic E-state index is 4.05. The van der Waals surface area contributed by atoms with Crippen molar-refractivity contribution < 1.29 is 65.4 Å². The van der Waals surface area contributed by atoms with Crippen molar-refractivity contribution in [2.24, 2.45) is 0 Å². The minimum atomic E-state index is 0. The van der Waals surface area contributed by atoms with E-state index in [9.17, 15) is 0 Å². The Kier molecular flexibility index (Phi) is 20.8. The summed E-state index contributed by atoms with van der Waals surface area (Å²) in [6.07, 6.45) is 0. The first-order chi connectivity index (χ1) is 4.13. The Labute approximate surface area is 121 Å². The van der Waals surface area contributed by atoms with E-state index < -0.39 is 0 Å². The van der Waals surface area contributed by atoms with Crippen molar-refractivity contribution in [3.05, 3.63) is 24.5 Å². The predicted molar refractivity (Wildman–Crippen MR) is 41.2 cm³/mol. The van der Waals surface area contributed by atoms with Gasteiger partial charge in [-0.1, -0.05) is 0 Å². The van der Waals surface area contributed by atoms with Crippen molar-refractivity contribution in [3.8, 4) is 0 Å². The Morgan fingerprint density at radius 3 is 1.45 bits per heavy atom. The molecule has 0 bridgehead atoms. The summed E-state index contributed by atoms with van der Waals surface area (Å²) >= 11 is 0. The topological polar surface area (TPSA) is 28.2 Å². The number of nitrogens with zero attached hydrogens (tertiary/aromatic N) is 2. The molecule has 0 heterocycles. The standard InChI is InChI=1S/C7H14N2.2Y/c1-6(2)8-5-9-7(3)4;;/h6-7H,1,3,5H2,2,4H3;;/q-4;;. The minimum Gasteiger partial charge on any atom is -0.704 e. The molecule has 11 heavy (non-hydrogen) atoms. The zero-order valence-corrected chi connectivity index (χ0v) is 13.0. The second-order valence-electron chi connectivity index (χ2n) is 2.20. The SMILES string of the molecule is [CH2-]C(C)[N-]C[N-]C([CH2-])C.[Y].[Y]. The van der Waals surface area contributed by atoms with Crippen LogP contribution in [0.25, 0.3) is 10.6 Å². The van der Waals surface area contributed by atoms with Crippen LogP contribution < -0.4 is 0 Å². The maximum Gasteiger partial charge on any atom is 0 e. The zero-order valence-electron chi connectivity index (χ0n) is 7.33. The van der Waals surface area contributed by atoms with Gasteiger partial charge in [0.15, 0.2) is 0 Å². The Morgan fingerprint density at radius 1 is 1.00 bits per heavy atom. The third-order valence-corrected chi connectivity index (χ3v) is 0.787. The maximum atomic E-state index is 4.05. The van der Waals surface area contributed by atoms with Gasteiger partial charge in [0.1, 0.15) is 0 Å². The van der Waals surface area contributed by atoms with Gasteiger partial charge in [-0.15, -0.1) is 13.8 Å². The number of hydrogen-bond acceptors (Lipinski definition) is 0. The van der Waals surface area contributed by atoms with Crippen LogP contribution >= 0.6 is 0 Å². The fourth-order valence-electron chi connectivity index (χ4n) is 0.326. The van der Waals surface area contributed by atoms with Gasteiger partial charge in [0.2, 0.25) is 0 Å². The summed E-state index contributed by atoms with van der Waals surface area (Å²) in [6.45, 7) is 11.8. The Bertz CT molecular complexity index is 59.5. The Hall–Kier alpha value is 2.13. The van der Waals surface area contributed by atoms with E-state index in [1.54, 1.807) is 0 Å². The second-order valence-corrected chi connectivity index (χ2v) is 2.20. The molecule has 0 amide bonds. The quantitative estimate of drug-likeness (QED) is 0.712. The van der Waals surface area contributed by atoms with E-state index in [0.717, 1.165) is 0 Å². The van der Waals surface area contributed by atoms with Gasteiger partial charge in [0, 0.05) is 65.4 Å². The molecular weight excluding hydrogens is 290 g/mol. The van der Waals surface area contributed by atoms with Crippen LogP contribution in [0.15, 0.2) is 0 Å². The van der Waals surface area contributed by atoms with Gasteiger partial charge in [0.05, 0.1) is 0 Å². The zero-order chi connectivity index (χ0) is 7.28. The molecule has 2 atom stereocenters. The largest absolute Gasteiger partial charge is 0.704 e. The van der Waals surface area contributed by atoms with Crippen molar-refractivity contribution in [1.82, 2.24) is 0 Å². The molecule has 0 saturated carbocycles. The molecule has 2 unspecified atom stereocenters. The van der Waals surface area contributed by atoms with Crippen LogP contribution in [0, 0.1) is 13.8 Å². The predicted octanol–water partition coefficient (Wildman–Crippen LogP) is 2.13. The van der Waals surface area contributed by atoms with Crippen LogP contribution in [0.3, 0.4) is 0 Å². The van der Waals surface area contributed by atoms with E-state index >= 15 is 0 Å². The number of hydrogen-bond donors (Lipinski definition) is 0. The van der Waals surface area contributed by atoms with Crippen LogP contribution in [0.4, 0.5) is 0 Å². The van der Waals surface area contributed by atoms with Gasteiger partial charge in [-0.3, -0.25) is 18.8 Å². The average Bonchev–Trinajstić information content (AvgIpc) is 1.63. The van der Waals surface area contributed by atoms with Crippen molar-refractivity contribution in [2.75, 3.05) is 6.67 Å². The molecule has 0 saturated heterocycles. The Balaban J connectivity index is -0.000000320. The van der Waals surface area contributed by atoms with Crippen molar-refractivity contribution in [1.29, 1.82) is 0 Å². The summed E-state index contributed by atoms with van der Waals surface area (Å²) in [5.41, 5.74) is 0. The van der Waals surface area contributed by atoms with Gasteiger partial charge in [-0.25, -0.2) is 0 Å². The second kappa shape index (κ2) is 12.1. The van der Waals surface area contributed by atoms with Gasteiger partial charge >= 0.3 is 0 Å². The van der Waals surface area contributed by atoms with Crippen molar-refractivity contribution >= 4 is 0 Å². The molecule has 0 aliphatic rings. The number of rotatable bonds is 4. The van der Waals surface area contributed by atoms with Crippen molar-refractivity contribution in [2.45, 2.75) is 25.9 Å². The molecule has 62 valence electrons. The molecule has 0 spiro atoms. The molecule has 0 fully saturated rings. The van der Waals surface area contributed by atoms with E-state index in [1.807, 2.05) is 13.8 Å². The van der Waals surface area contributed by atoms with Crippen LogP contribution in [0.5, 0.6) is 0 Å². The monoisotopic (exact) mass is 304 g/mol. The smallest absolute Gasteiger partial charge is 0 e. The summed E-state index contributed by atoms with van der Waals surface area (Å²) in [5.74, 6) is 0. The summed E-state index contributed by atoms with van der Waals surface area (Å²) in [6, 6.07) is 0.292. The fourth-order valence-corrected chi connectivity index (χ4v) is 0.326. The van der Waals surface area contributed by atoms with Gasteiger partial charge < -0.3 is 24.5 Å². The summed E-state index contributed by atoms with van der Waals surface area (Å²) in [4.78, 5) is 0.